The number of carbonyl (C=O) groups excluding carboxylic acids is 1. The molecule has 0 aliphatic heterocycles. The highest BCUT2D eigenvalue weighted by Crippen LogP contribution is 2.29. The summed E-state index contributed by atoms with van der Waals surface area (Å²) in [6, 6.07) is 4.01. The van der Waals surface area contributed by atoms with Crippen molar-refractivity contribution in [1.29, 1.82) is 0 Å². The van der Waals surface area contributed by atoms with Crippen LogP contribution < -0.4 is 4.74 Å². The van der Waals surface area contributed by atoms with Crippen LogP contribution in [0.25, 0.3) is 0 Å². The zero-order valence-corrected chi connectivity index (χ0v) is 15.8. The molecule has 0 heterocycles. The molecule has 0 aromatic heterocycles. The maximum atomic E-state index is 11.4. The van der Waals surface area contributed by atoms with E-state index in [2.05, 4.69) is 67.8 Å². The van der Waals surface area contributed by atoms with Crippen LogP contribution in [0.15, 0.2) is 12.1 Å². The van der Waals surface area contributed by atoms with Crippen LogP contribution in [-0.4, -0.2) is 18.7 Å². The van der Waals surface area contributed by atoms with Gasteiger partial charge in [-0.15, -0.1) is 0 Å². The van der Waals surface area contributed by atoms with Crippen LogP contribution in [0.5, 0.6) is 5.75 Å². The van der Waals surface area contributed by atoms with E-state index in [1.165, 1.54) is 0 Å². The standard InChI is InChI=1S/C11H11I3O3/c1-6(2)17-10(15)5-16-11-8(13)3-7(12)4-9(11)14/h3-4,6H,5H2,1-2H3. The molecule has 1 aromatic rings. The van der Waals surface area contributed by atoms with Crippen LogP contribution in [-0.2, 0) is 9.53 Å². The average molecular weight is 572 g/mol. The predicted molar refractivity (Wildman–Crippen MR) is 91.3 cm³/mol. The largest absolute Gasteiger partial charge is 0.480 e. The summed E-state index contributed by atoms with van der Waals surface area (Å²) in [6.07, 6.45) is -0.110. The molecule has 0 saturated heterocycles. The van der Waals surface area contributed by atoms with Crippen LogP contribution in [0.3, 0.4) is 0 Å². The Balaban J connectivity index is 2.67. The van der Waals surface area contributed by atoms with Gasteiger partial charge in [-0.05, 0) is 93.8 Å². The Labute approximate surface area is 141 Å². The Kier molecular flexibility index (Phi) is 6.77. The Morgan fingerprint density at radius 1 is 1.24 bits per heavy atom. The van der Waals surface area contributed by atoms with E-state index in [4.69, 9.17) is 9.47 Å². The van der Waals surface area contributed by atoms with E-state index in [-0.39, 0.29) is 18.7 Å². The zero-order valence-electron chi connectivity index (χ0n) is 9.30. The molecule has 0 fully saturated rings. The number of ether oxygens (including phenoxy) is 2. The normalized spacial score (nSPS) is 10.5. The van der Waals surface area contributed by atoms with E-state index in [1.54, 1.807) is 0 Å². The minimum absolute atomic E-state index is 0.0508. The SMILES string of the molecule is CC(C)OC(=O)COc1c(I)cc(I)cc1I. The third kappa shape index (κ3) is 5.45. The summed E-state index contributed by atoms with van der Waals surface area (Å²) in [5, 5.41) is 0. The molecule has 0 bridgehead atoms. The maximum absolute atomic E-state index is 11.4. The summed E-state index contributed by atoms with van der Waals surface area (Å²) in [7, 11) is 0. The number of hydrogen-bond acceptors (Lipinski definition) is 3. The molecule has 6 heteroatoms. The van der Waals surface area contributed by atoms with Crippen LogP contribution in [0, 0.1) is 10.7 Å². The third-order valence-electron chi connectivity index (χ3n) is 1.66. The quantitative estimate of drug-likeness (QED) is 0.407. The van der Waals surface area contributed by atoms with Gasteiger partial charge in [0.1, 0.15) is 5.75 Å². The fourth-order valence-corrected chi connectivity index (χ4v) is 4.99. The van der Waals surface area contributed by atoms with E-state index in [1.807, 2.05) is 26.0 Å². The van der Waals surface area contributed by atoms with E-state index in [0.29, 0.717) is 0 Å². The number of benzene rings is 1. The van der Waals surface area contributed by atoms with E-state index >= 15 is 0 Å². The summed E-state index contributed by atoms with van der Waals surface area (Å²) >= 11 is 6.64. The summed E-state index contributed by atoms with van der Waals surface area (Å²) in [5.74, 6) is 0.400. The Morgan fingerprint density at radius 3 is 2.24 bits per heavy atom. The number of esters is 1. The van der Waals surface area contributed by atoms with E-state index < -0.39 is 0 Å². The number of halogens is 3. The van der Waals surface area contributed by atoms with Crippen molar-refractivity contribution in [2.24, 2.45) is 0 Å². The predicted octanol–water partition coefficient (Wildman–Crippen LogP) is 3.83. The first-order chi connectivity index (χ1) is 7.90. The molecular weight excluding hydrogens is 561 g/mol. The molecular formula is C11H11I3O3. The number of carbonyl (C=O) groups is 1. The Bertz CT molecular complexity index is 395. The molecule has 0 spiro atoms. The van der Waals surface area contributed by atoms with Crippen LogP contribution in [0.2, 0.25) is 0 Å². The molecule has 3 nitrogen and oxygen atoms in total. The first-order valence-corrected chi connectivity index (χ1v) is 8.10. The molecule has 0 saturated carbocycles. The lowest BCUT2D eigenvalue weighted by Crippen LogP contribution is -2.19. The van der Waals surface area contributed by atoms with E-state index in [9.17, 15) is 4.79 Å². The highest BCUT2D eigenvalue weighted by molar-refractivity contribution is 14.1. The molecule has 1 aromatic carbocycles. The topological polar surface area (TPSA) is 35.5 Å². The summed E-state index contributed by atoms with van der Waals surface area (Å²) in [5.41, 5.74) is 0. The van der Waals surface area contributed by atoms with Gasteiger partial charge in [0, 0.05) is 3.57 Å². The van der Waals surface area contributed by atoms with Gasteiger partial charge >= 0.3 is 5.97 Å². The van der Waals surface area contributed by atoms with Crippen molar-refractivity contribution < 1.29 is 14.3 Å². The lowest BCUT2D eigenvalue weighted by Gasteiger charge is -2.12. The highest BCUT2D eigenvalue weighted by Gasteiger charge is 2.11. The minimum atomic E-state index is -0.342. The van der Waals surface area contributed by atoms with Crippen molar-refractivity contribution in [3.63, 3.8) is 0 Å². The molecule has 0 amide bonds. The van der Waals surface area contributed by atoms with Crippen molar-refractivity contribution >= 4 is 73.7 Å². The zero-order chi connectivity index (χ0) is 13.0. The molecule has 17 heavy (non-hydrogen) atoms. The Morgan fingerprint density at radius 2 is 1.76 bits per heavy atom. The molecule has 1 rings (SSSR count). The summed E-state index contributed by atoms with van der Waals surface area (Å²) in [4.78, 5) is 11.4. The van der Waals surface area contributed by atoms with Gasteiger partial charge in [0.25, 0.3) is 0 Å². The Hall–Kier alpha value is 0.680. The fourth-order valence-electron chi connectivity index (χ4n) is 1.09. The van der Waals surface area contributed by atoms with Gasteiger partial charge in [0.05, 0.1) is 13.2 Å². The smallest absolute Gasteiger partial charge is 0.344 e. The van der Waals surface area contributed by atoms with Gasteiger partial charge in [-0.25, -0.2) is 4.79 Å². The molecule has 0 N–H and O–H groups in total. The summed E-state index contributed by atoms with van der Waals surface area (Å²) in [6.45, 7) is 3.58. The minimum Gasteiger partial charge on any atom is -0.480 e. The highest BCUT2D eigenvalue weighted by atomic mass is 127. The van der Waals surface area contributed by atoms with Crippen molar-refractivity contribution in [2.45, 2.75) is 20.0 Å². The molecule has 0 radical (unpaired) electrons. The first-order valence-electron chi connectivity index (χ1n) is 4.87. The van der Waals surface area contributed by atoms with Gasteiger partial charge in [0.15, 0.2) is 6.61 Å². The van der Waals surface area contributed by atoms with Crippen LogP contribution >= 0.6 is 67.8 Å². The van der Waals surface area contributed by atoms with Crippen molar-refractivity contribution in [2.75, 3.05) is 6.61 Å². The van der Waals surface area contributed by atoms with Crippen molar-refractivity contribution in [3.8, 4) is 5.75 Å². The van der Waals surface area contributed by atoms with Crippen LogP contribution in [0.4, 0.5) is 0 Å². The molecule has 94 valence electrons. The molecule has 0 aliphatic rings. The second-order valence-corrected chi connectivity index (χ2v) is 7.10. The van der Waals surface area contributed by atoms with Gasteiger partial charge in [0.2, 0.25) is 0 Å². The molecule has 0 aliphatic carbocycles. The summed E-state index contributed by atoms with van der Waals surface area (Å²) < 4.78 is 13.6. The fraction of sp³-hybridized carbons (Fsp3) is 0.364. The first kappa shape index (κ1) is 15.7. The average Bonchev–Trinajstić information content (AvgIpc) is 2.14. The monoisotopic (exact) mass is 572 g/mol. The van der Waals surface area contributed by atoms with E-state index in [0.717, 1.165) is 16.5 Å². The van der Waals surface area contributed by atoms with Crippen LogP contribution in [0.1, 0.15) is 13.8 Å². The number of rotatable bonds is 4. The molecule has 0 unspecified atom stereocenters. The maximum Gasteiger partial charge on any atom is 0.344 e. The lowest BCUT2D eigenvalue weighted by molar-refractivity contribution is -0.149. The van der Waals surface area contributed by atoms with Gasteiger partial charge < -0.3 is 9.47 Å². The second kappa shape index (κ2) is 7.31. The third-order valence-corrected chi connectivity index (χ3v) is 3.89. The van der Waals surface area contributed by atoms with Crippen molar-refractivity contribution in [1.82, 2.24) is 0 Å². The molecule has 0 atom stereocenters. The van der Waals surface area contributed by atoms with Gasteiger partial charge in [-0.2, -0.15) is 0 Å². The number of hydrogen-bond donors (Lipinski definition) is 0. The second-order valence-electron chi connectivity index (χ2n) is 3.53. The van der Waals surface area contributed by atoms with Gasteiger partial charge in [-0.1, -0.05) is 0 Å². The lowest BCUT2D eigenvalue weighted by atomic mass is 10.3. The van der Waals surface area contributed by atoms with Gasteiger partial charge in [-0.3, -0.25) is 0 Å². The van der Waals surface area contributed by atoms with Crippen molar-refractivity contribution in [3.05, 3.63) is 22.8 Å².